The van der Waals surface area contributed by atoms with Crippen molar-refractivity contribution >= 4 is 5.91 Å². The minimum Gasteiger partial charge on any atom is -0.303 e. The van der Waals surface area contributed by atoms with E-state index in [4.69, 9.17) is 0 Å². The number of carbonyl (C=O) groups excluding carboxylic acids is 1. The maximum atomic E-state index is 10.8. The summed E-state index contributed by atoms with van der Waals surface area (Å²) in [4.78, 5) is 10.8. The summed E-state index contributed by atoms with van der Waals surface area (Å²) in [6, 6.07) is 10.6. The molecule has 1 amide bonds. The van der Waals surface area contributed by atoms with Crippen molar-refractivity contribution < 1.29 is 4.79 Å². The van der Waals surface area contributed by atoms with Gasteiger partial charge in [0.15, 0.2) is 0 Å². The fraction of sp³-hybridized carbons (Fsp3) is 0.357. The van der Waals surface area contributed by atoms with Crippen LogP contribution in [-0.4, -0.2) is 5.91 Å². The predicted molar refractivity (Wildman–Crippen MR) is 68.1 cm³/mol. The van der Waals surface area contributed by atoms with Gasteiger partial charge in [-0.05, 0) is 30.7 Å². The van der Waals surface area contributed by atoms with Gasteiger partial charge < -0.3 is 5.43 Å². The van der Waals surface area contributed by atoms with E-state index in [1.807, 2.05) is 6.07 Å². The molecule has 90 valence electrons. The molecule has 1 aliphatic carbocycles. The predicted octanol–water partition coefficient (Wildman–Crippen LogP) is 2.48. The van der Waals surface area contributed by atoms with Crippen LogP contribution < -0.4 is 10.9 Å². The number of benzene rings is 1. The topological polar surface area (TPSA) is 41.1 Å². The summed E-state index contributed by atoms with van der Waals surface area (Å²) in [6.07, 6.45) is 5.32. The Hall–Kier alpha value is -1.77. The molecule has 17 heavy (non-hydrogen) atoms. The molecule has 0 fully saturated rings. The van der Waals surface area contributed by atoms with E-state index in [-0.39, 0.29) is 5.91 Å². The second kappa shape index (κ2) is 5.53. The number of hydrogen-bond acceptors (Lipinski definition) is 2. The maximum Gasteiger partial charge on any atom is 0.235 e. The van der Waals surface area contributed by atoms with Gasteiger partial charge in [0, 0.05) is 12.6 Å². The van der Waals surface area contributed by atoms with Crippen LogP contribution in [0.15, 0.2) is 42.1 Å². The summed E-state index contributed by atoms with van der Waals surface area (Å²) >= 11 is 0. The van der Waals surface area contributed by atoms with Crippen molar-refractivity contribution in [1.29, 1.82) is 0 Å². The minimum absolute atomic E-state index is 0.0592. The van der Waals surface area contributed by atoms with Gasteiger partial charge in [0.25, 0.3) is 0 Å². The molecule has 1 aromatic rings. The third-order valence-corrected chi connectivity index (χ3v) is 3.08. The van der Waals surface area contributed by atoms with Gasteiger partial charge in [0.1, 0.15) is 0 Å². The second-order valence-corrected chi connectivity index (χ2v) is 4.42. The van der Waals surface area contributed by atoms with Crippen LogP contribution >= 0.6 is 0 Å². The lowest BCUT2D eigenvalue weighted by Crippen LogP contribution is -2.35. The zero-order valence-electron chi connectivity index (χ0n) is 10.1. The van der Waals surface area contributed by atoms with Crippen molar-refractivity contribution in [3.8, 4) is 0 Å². The van der Waals surface area contributed by atoms with Gasteiger partial charge in [-0.25, -0.2) is 0 Å². The summed E-state index contributed by atoms with van der Waals surface area (Å²) in [7, 11) is 0. The standard InChI is InChI=1S/C14H18N2O/c1-11(17)15-16-14-9-7-13(8-10-14)12-5-3-2-4-6-12/h2-6,9,13,16H,7-8,10H2,1H3,(H,15,17)/t13-/m0/s1. The van der Waals surface area contributed by atoms with E-state index < -0.39 is 0 Å². The number of hydrazine groups is 1. The molecule has 1 aliphatic rings. The van der Waals surface area contributed by atoms with Gasteiger partial charge in [-0.3, -0.25) is 10.2 Å². The molecule has 3 heteroatoms. The Morgan fingerprint density at radius 2 is 2.06 bits per heavy atom. The zero-order valence-corrected chi connectivity index (χ0v) is 10.1. The highest BCUT2D eigenvalue weighted by Gasteiger charge is 2.15. The second-order valence-electron chi connectivity index (χ2n) is 4.42. The third kappa shape index (κ3) is 3.34. The summed E-state index contributed by atoms with van der Waals surface area (Å²) in [5, 5.41) is 0. The summed E-state index contributed by atoms with van der Waals surface area (Å²) in [5.41, 5.74) is 8.09. The van der Waals surface area contributed by atoms with Gasteiger partial charge >= 0.3 is 0 Å². The van der Waals surface area contributed by atoms with E-state index in [1.165, 1.54) is 12.5 Å². The first kappa shape index (κ1) is 11.7. The molecule has 0 aliphatic heterocycles. The van der Waals surface area contributed by atoms with E-state index in [0.29, 0.717) is 5.92 Å². The number of allylic oxidation sites excluding steroid dienone is 2. The number of nitrogens with one attached hydrogen (secondary N) is 2. The molecule has 0 radical (unpaired) electrons. The zero-order chi connectivity index (χ0) is 12.1. The van der Waals surface area contributed by atoms with E-state index in [0.717, 1.165) is 25.0 Å². The van der Waals surface area contributed by atoms with Crippen LogP contribution in [0.4, 0.5) is 0 Å². The highest BCUT2D eigenvalue weighted by molar-refractivity contribution is 5.72. The lowest BCUT2D eigenvalue weighted by atomic mass is 9.87. The molecule has 2 rings (SSSR count). The molecule has 1 aromatic carbocycles. The van der Waals surface area contributed by atoms with Crippen LogP contribution in [0, 0.1) is 0 Å². The van der Waals surface area contributed by atoms with Crippen molar-refractivity contribution in [2.24, 2.45) is 0 Å². The van der Waals surface area contributed by atoms with Crippen LogP contribution in [0.3, 0.4) is 0 Å². The Balaban J connectivity index is 1.91. The Labute approximate surface area is 102 Å². The SMILES string of the molecule is CC(=O)NNC1=CC[C@H](c2ccccc2)CC1. The van der Waals surface area contributed by atoms with Gasteiger partial charge in [-0.15, -0.1) is 0 Å². The third-order valence-electron chi connectivity index (χ3n) is 3.08. The van der Waals surface area contributed by atoms with Crippen molar-refractivity contribution in [2.45, 2.75) is 32.1 Å². The Bertz CT molecular complexity index is 411. The Morgan fingerprint density at radius 3 is 2.65 bits per heavy atom. The maximum absolute atomic E-state index is 10.8. The van der Waals surface area contributed by atoms with Gasteiger partial charge in [0.2, 0.25) is 5.91 Å². The van der Waals surface area contributed by atoms with Crippen molar-refractivity contribution in [3.05, 3.63) is 47.7 Å². The first-order valence-electron chi connectivity index (χ1n) is 6.02. The van der Waals surface area contributed by atoms with Crippen LogP contribution in [-0.2, 0) is 4.79 Å². The Kier molecular flexibility index (Phi) is 3.81. The van der Waals surface area contributed by atoms with E-state index in [9.17, 15) is 4.79 Å². The fourth-order valence-corrected chi connectivity index (χ4v) is 2.14. The van der Waals surface area contributed by atoms with E-state index in [1.54, 1.807) is 0 Å². The molecule has 2 N–H and O–H groups in total. The fourth-order valence-electron chi connectivity index (χ4n) is 2.14. The molecule has 0 bridgehead atoms. The largest absolute Gasteiger partial charge is 0.303 e. The molecule has 0 spiro atoms. The molecule has 0 saturated carbocycles. The summed E-state index contributed by atoms with van der Waals surface area (Å²) in [6.45, 7) is 1.50. The number of amides is 1. The number of rotatable bonds is 3. The number of hydrogen-bond donors (Lipinski definition) is 2. The van der Waals surface area contributed by atoms with Gasteiger partial charge in [-0.1, -0.05) is 36.4 Å². The van der Waals surface area contributed by atoms with Crippen LogP contribution in [0.5, 0.6) is 0 Å². The van der Waals surface area contributed by atoms with Crippen LogP contribution in [0.25, 0.3) is 0 Å². The molecule has 0 saturated heterocycles. The lowest BCUT2D eigenvalue weighted by molar-refractivity contribution is -0.119. The molecule has 0 unspecified atom stereocenters. The van der Waals surface area contributed by atoms with Crippen molar-refractivity contribution in [3.63, 3.8) is 0 Å². The first-order valence-corrected chi connectivity index (χ1v) is 6.02. The monoisotopic (exact) mass is 230 g/mol. The molecule has 3 nitrogen and oxygen atoms in total. The highest BCUT2D eigenvalue weighted by atomic mass is 16.2. The molecule has 0 aromatic heterocycles. The average molecular weight is 230 g/mol. The molecule has 1 atom stereocenters. The van der Waals surface area contributed by atoms with Gasteiger partial charge in [-0.2, -0.15) is 0 Å². The molecular weight excluding hydrogens is 212 g/mol. The molecular formula is C14H18N2O. The lowest BCUT2D eigenvalue weighted by Gasteiger charge is -2.23. The van der Waals surface area contributed by atoms with Crippen LogP contribution in [0.1, 0.15) is 37.7 Å². The van der Waals surface area contributed by atoms with E-state index in [2.05, 4.69) is 41.2 Å². The summed E-state index contributed by atoms with van der Waals surface area (Å²) in [5.74, 6) is 0.551. The van der Waals surface area contributed by atoms with Crippen molar-refractivity contribution in [2.75, 3.05) is 0 Å². The normalized spacial score (nSPS) is 19.4. The van der Waals surface area contributed by atoms with Gasteiger partial charge in [0.05, 0.1) is 0 Å². The Morgan fingerprint density at radius 1 is 1.29 bits per heavy atom. The molecule has 0 heterocycles. The summed E-state index contributed by atoms with van der Waals surface area (Å²) < 4.78 is 0. The minimum atomic E-state index is -0.0592. The van der Waals surface area contributed by atoms with Crippen LogP contribution in [0.2, 0.25) is 0 Å². The van der Waals surface area contributed by atoms with Crippen molar-refractivity contribution in [1.82, 2.24) is 10.9 Å². The smallest absolute Gasteiger partial charge is 0.235 e. The number of carbonyl (C=O) groups is 1. The van der Waals surface area contributed by atoms with E-state index >= 15 is 0 Å². The highest BCUT2D eigenvalue weighted by Crippen LogP contribution is 2.30. The first-order chi connectivity index (χ1) is 8.25. The average Bonchev–Trinajstić information content (AvgIpc) is 2.38. The quantitative estimate of drug-likeness (QED) is 0.783.